The van der Waals surface area contributed by atoms with Gasteiger partial charge in [0.05, 0.1) is 5.56 Å². The molecule has 0 amide bonds. The fourth-order valence-corrected chi connectivity index (χ4v) is 3.90. The van der Waals surface area contributed by atoms with E-state index in [9.17, 15) is 46.0 Å². The molecule has 34 heavy (non-hydrogen) atoms. The number of phenols is 9. The zero-order valence-corrected chi connectivity index (χ0v) is 17.4. The Kier molecular flexibility index (Phi) is 5.38. The molecule has 0 bridgehead atoms. The molecule has 4 aromatic rings. The van der Waals surface area contributed by atoms with Gasteiger partial charge >= 0.3 is 0 Å². The summed E-state index contributed by atoms with van der Waals surface area (Å²) in [5.41, 5.74) is 1.02. The van der Waals surface area contributed by atoms with Gasteiger partial charge in [-0.1, -0.05) is 36.4 Å². The van der Waals surface area contributed by atoms with Gasteiger partial charge in [0.2, 0.25) is 11.5 Å². The van der Waals surface area contributed by atoms with Crippen molar-refractivity contribution in [1.29, 1.82) is 0 Å². The lowest BCUT2D eigenvalue weighted by atomic mass is 9.83. The molecule has 0 fully saturated rings. The molecule has 9 nitrogen and oxygen atoms in total. The Balaban J connectivity index is 1.91. The third-order valence-corrected chi connectivity index (χ3v) is 5.56. The Bertz CT molecular complexity index is 1310. The van der Waals surface area contributed by atoms with E-state index in [4.69, 9.17) is 0 Å². The molecular weight excluding hydrogens is 444 g/mol. The van der Waals surface area contributed by atoms with Crippen LogP contribution in [-0.4, -0.2) is 46.0 Å². The topological polar surface area (TPSA) is 182 Å². The number of benzene rings is 4. The summed E-state index contributed by atoms with van der Waals surface area (Å²) in [5.74, 6) is -6.02. The highest BCUT2D eigenvalue weighted by Crippen LogP contribution is 2.50. The highest BCUT2D eigenvalue weighted by atomic mass is 16.3. The summed E-state index contributed by atoms with van der Waals surface area (Å²) in [5, 5.41) is 90.4. The first-order valence-corrected chi connectivity index (χ1v) is 9.93. The minimum Gasteiger partial charge on any atom is -0.508 e. The quantitative estimate of drug-likeness (QED) is 0.160. The molecule has 0 spiro atoms. The van der Waals surface area contributed by atoms with Crippen molar-refractivity contribution in [3.63, 3.8) is 0 Å². The minimum absolute atomic E-state index is 0.0659. The van der Waals surface area contributed by atoms with Crippen molar-refractivity contribution in [1.82, 2.24) is 0 Å². The van der Waals surface area contributed by atoms with Gasteiger partial charge in [0.15, 0.2) is 23.0 Å². The van der Waals surface area contributed by atoms with Gasteiger partial charge < -0.3 is 46.0 Å². The van der Waals surface area contributed by atoms with Gasteiger partial charge in [-0.3, -0.25) is 0 Å². The molecule has 0 unspecified atom stereocenters. The van der Waals surface area contributed by atoms with Crippen molar-refractivity contribution in [2.75, 3.05) is 0 Å². The van der Waals surface area contributed by atoms with Gasteiger partial charge in [-0.05, 0) is 23.3 Å². The Morgan fingerprint density at radius 3 is 1.32 bits per heavy atom. The molecule has 0 heterocycles. The van der Waals surface area contributed by atoms with Crippen LogP contribution < -0.4 is 0 Å². The predicted octanol–water partition coefficient (Wildman–Crippen LogP) is 3.88. The number of phenolic OH excluding ortho intramolecular Hbond substituents is 9. The lowest BCUT2D eigenvalue weighted by Crippen LogP contribution is -2.05. The maximum Gasteiger partial charge on any atom is 0.200 e. The van der Waals surface area contributed by atoms with Crippen molar-refractivity contribution < 1.29 is 46.0 Å². The van der Waals surface area contributed by atoms with Crippen LogP contribution in [0.3, 0.4) is 0 Å². The van der Waals surface area contributed by atoms with Gasteiger partial charge in [-0.25, -0.2) is 0 Å². The van der Waals surface area contributed by atoms with E-state index in [2.05, 4.69) is 0 Å². The van der Waals surface area contributed by atoms with Crippen LogP contribution in [0.25, 0.3) is 11.1 Å². The summed E-state index contributed by atoms with van der Waals surface area (Å²) in [6.07, 6.45) is 0. The Hall–Kier alpha value is -4.92. The van der Waals surface area contributed by atoms with Gasteiger partial charge in [-0.2, -0.15) is 0 Å². The minimum atomic E-state index is -0.992. The average molecular weight is 464 g/mol. The van der Waals surface area contributed by atoms with Crippen LogP contribution in [0, 0.1) is 0 Å². The first kappa shape index (κ1) is 22.3. The Morgan fingerprint density at radius 2 is 0.882 bits per heavy atom. The van der Waals surface area contributed by atoms with Crippen LogP contribution in [0.15, 0.2) is 60.7 Å². The summed E-state index contributed by atoms with van der Waals surface area (Å²) in [6, 6.07) is 13.3. The molecule has 0 aliphatic carbocycles. The fourth-order valence-electron chi connectivity index (χ4n) is 3.90. The molecule has 9 N–H and O–H groups in total. The molecule has 4 aromatic carbocycles. The van der Waals surface area contributed by atoms with Crippen LogP contribution in [0.4, 0.5) is 0 Å². The van der Waals surface area contributed by atoms with Crippen LogP contribution in [0.1, 0.15) is 22.6 Å². The van der Waals surface area contributed by atoms with E-state index < -0.39 is 40.4 Å². The van der Waals surface area contributed by atoms with E-state index in [1.807, 2.05) is 0 Å². The summed E-state index contributed by atoms with van der Waals surface area (Å²) < 4.78 is 0. The predicted molar refractivity (Wildman–Crippen MR) is 121 cm³/mol. The van der Waals surface area contributed by atoms with Crippen molar-refractivity contribution in [2.24, 2.45) is 0 Å². The fraction of sp³-hybridized carbons (Fsp3) is 0.0400. The van der Waals surface area contributed by atoms with Crippen LogP contribution in [0.5, 0.6) is 51.7 Å². The van der Waals surface area contributed by atoms with Gasteiger partial charge in [0.1, 0.15) is 17.2 Å². The highest BCUT2D eigenvalue weighted by Gasteiger charge is 2.27. The lowest BCUT2D eigenvalue weighted by Gasteiger charge is -2.22. The lowest BCUT2D eigenvalue weighted by molar-refractivity contribution is 0.360. The molecule has 0 atom stereocenters. The monoisotopic (exact) mass is 464 g/mol. The number of hydrogen-bond acceptors (Lipinski definition) is 9. The molecular formula is C25H20O9. The van der Waals surface area contributed by atoms with Crippen molar-refractivity contribution in [3.8, 4) is 62.9 Å². The Morgan fingerprint density at radius 1 is 0.441 bits per heavy atom. The number of rotatable bonds is 4. The standard InChI is InChI=1S/C25H20O9/c26-13-9-18(29)21(19(30)10-13)12-3-1-11(2-4-12)20(14-5-7-16(27)24(33)22(14)31)15-6-8-17(28)25(34)23(15)32/h1-10,20,26-34H. The molecule has 0 saturated carbocycles. The maximum absolute atomic E-state index is 10.5. The molecule has 0 aromatic heterocycles. The van der Waals surface area contributed by atoms with Crippen molar-refractivity contribution in [3.05, 3.63) is 77.4 Å². The van der Waals surface area contributed by atoms with Gasteiger partial charge in [0, 0.05) is 29.2 Å². The zero-order valence-electron chi connectivity index (χ0n) is 17.4. The van der Waals surface area contributed by atoms with E-state index in [1.165, 1.54) is 24.3 Å². The van der Waals surface area contributed by atoms with E-state index in [0.29, 0.717) is 11.1 Å². The van der Waals surface area contributed by atoms with Crippen LogP contribution in [0.2, 0.25) is 0 Å². The van der Waals surface area contributed by atoms with E-state index in [1.54, 1.807) is 12.1 Å². The summed E-state index contributed by atoms with van der Waals surface area (Å²) in [4.78, 5) is 0. The second-order valence-electron chi connectivity index (χ2n) is 7.66. The van der Waals surface area contributed by atoms with Gasteiger partial charge in [0.25, 0.3) is 0 Å². The van der Waals surface area contributed by atoms with Crippen LogP contribution in [-0.2, 0) is 0 Å². The smallest absolute Gasteiger partial charge is 0.200 e. The number of aromatic hydroxyl groups is 9. The second kappa shape index (κ2) is 8.21. The molecule has 0 aliphatic heterocycles. The summed E-state index contributed by atoms with van der Waals surface area (Å²) in [7, 11) is 0. The summed E-state index contributed by atoms with van der Waals surface area (Å²) in [6.45, 7) is 0. The maximum atomic E-state index is 10.5. The highest BCUT2D eigenvalue weighted by molar-refractivity contribution is 5.78. The number of hydrogen-bond donors (Lipinski definition) is 9. The normalized spacial score (nSPS) is 11.1. The second-order valence-corrected chi connectivity index (χ2v) is 7.66. The molecule has 0 saturated heterocycles. The first-order valence-electron chi connectivity index (χ1n) is 9.93. The van der Waals surface area contributed by atoms with Gasteiger partial charge in [-0.15, -0.1) is 0 Å². The largest absolute Gasteiger partial charge is 0.508 e. The first-order chi connectivity index (χ1) is 16.1. The average Bonchev–Trinajstić information content (AvgIpc) is 2.79. The third-order valence-electron chi connectivity index (χ3n) is 5.56. The summed E-state index contributed by atoms with van der Waals surface area (Å²) >= 11 is 0. The molecule has 0 aliphatic rings. The SMILES string of the molecule is Oc1cc(O)c(-c2ccc(C(c3ccc(O)c(O)c3O)c3ccc(O)c(O)c3O)cc2)c(O)c1. The molecule has 0 radical (unpaired) electrons. The van der Waals surface area contributed by atoms with Crippen LogP contribution >= 0.6 is 0 Å². The van der Waals surface area contributed by atoms with Crippen molar-refractivity contribution >= 4 is 0 Å². The zero-order chi connectivity index (χ0) is 24.7. The van der Waals surface area contributed by atoms with E-state index in [-0.39, 0.29) is 33.9 Å². The Labute approximate surface area is 192 Å². The molecule has 4 rings (SSSR count). The van der Waals surface area contributed by atoms with E-state index >= 15 is 0 Å². The third kappa shape index (κ3) is 3.65. The molecule has 174 valence electrons. The molecule has 9 heteroatoms. The van der Waals surface area contributed by atoms with E-state index in [0.717, 1.165) is 24.3 Å². The van der Waals surface area contributed by atoms with Crippen molar-refractivity contribution in [2.45, 2.75) is 5.92 Å².